The van der Waals surface area contributed by atoms with Crippen LogP contribution in [0.2, 0.25) is 5.02 Å². The molecule has 0 heterocycles. The zero-order valence-electron chi connectivity index (χ0n) is 8.28. The van der Waals surface area contributed by atoms with Gasteiger partial charge in [0, 0.05) is 33.7 Å². The predicted molar refractivity (Wildman–Crippen MR) is 63.0 cm³/mol. The second kappa shape index (κ2) is 6.60. The van der Waals surface area contributed by atoms with Gasteiger partial charge in [0.15, 0.2) is 0 Å². The second-order valence-electron chi connectivity index (χ2n) is 3.18. The van der Waals surface area contributed by atoms with Gasteiger partial charge in [-0.15, -0.1) is 0 Å². The molecule has 4 heteroatoms. The van der Waals surface area contributed by atoms with Crippen molar-refractivity contribution >= 4 is 22.4 Å². The molecule has 0 N–H and O–H groups in total. The van der Waals surface area contributed by atoms with Gasteiger partial charge in [0.05, 0.1) is 6.07 Å². The van der Waals surface area contributed by atoms with E-state index in [0.717, 1.165) is 5.56 Å². The van der Waals surface area contributed by atoms with Crippen molar-refractivity contribution in [3.63, 3.8) is 0 Å². The Morgan fingerprint density at radius 2 is 2.00 bits per heavy atom. The molecular formula is C11H12ClNOS. The van der Waals surface area contributed by atoms with E-state index >= 15 is 0 Å². The fourth-order valence-electron chi connectivity index (χ4n) is 1.15. The van der Waals surface area contributed by atoms with Gasteiger partial charge in [-0.1, -0.05) is 23.7 Å². The quantitative estimate of drug-likeness (QED) is 0.744. The first-order valence-electron chi connectivity index (χ1n) is 4.69. The highest BCUT2D eigenvalue weighted by Crippen LogP contribution is 2.11. The highest BCUT2D eigenvalue weighted by molar-refractivity contribution is 7.84. The number of benzene rings is 1. The number of nitrogens with zero attached hydrogens (tertiary/aromatic N) is 1. The molecule has 0 amide bonds. The number of unbranched alkanes of at least 4 members (excludes halogenated alkanes) is 1. The zero-order chi connectivity index (χ0) is 11.1. The smallest absolute Gasteiger partial charge is 0.0622 e. The van der Waals surface area contributed by atoms with Crippen LogP contribution in [0.1, 0.15) is 18.4 Å². The fraction of sp³-hybridized carbons (Fsp3) is 0.364. The minimum atomic E-state index is -0.873. The number of hydrogen-bond donors (Lipinski definition) is 0. The average Bonchev–Trinajstić information content (AvgIpc) is 2.22. The number of hydrogen-bond acceptors (Lipinski definition) is 2. The molecule has 0 aromatic heterocycles. The van der Waals surface area contributed by atoms with E-state index < -0.39 is 10.8 Å². The zero-order valence-corrected chi connectivity index (χ0v) is 9.85. The van der Waals surface area contributed by atoms with Crippen LogP contribution in [-0.2, 0) is 16.6 Å². The van der Waals surface area contributed by atoms with Gasteiger partial charge in [0.2, 0.25) is 0 Å². The van der Waals surface area contributed by atoms with Gasteiger partial charge >= 0.3 is 0 Å². The van der Waals surface area contributed by atoms with Crippen molar-refractivity contribution in [1.29, 1.82) is 5.26 Å². The Bertz CT molecular complexity index is 369. The molecule has 2 nitrogen and oxygen atoms in total. The average molecular weight is 242 g/mol. The lowest BCUT2D eigenvalue weighted by Crippen LogP contribution is -2.00. The normalized spacial score (nSPS) is 12.0. The Balaban J connectivity index is 2.38. The SMILES string of the molecule is N#CCCC[S@@](=O)Cc1ccc(Cl)cc1. The van der Waals surface area contributed by atoms with Crippen LogP contribution in [0.15, 0.2) is 24.3 Å². The molecule has 0 saturated carbocycles. The van der Waals surface area contributed by atoms with Crippen LogP contribution in [0.4, 0.5) is 0 Å². The second-order valence-corrected chi connectivity index (χ2v) is 5.19. The van der Waals surface area contributed by atoms with Crippen molar-refractivity contribution in [1.82, 2.24) is 0 Å². The van der Waals surface area contributed by atoms with Crippen molar-refractivity contribution in [2.75, 3.05) is 5.75 Å². The minimum Gasteiger partial charge on any atom is -0.259 e. The van der Waals surface area contributed by atoms with Crippen molar-refractivity contribution < 1.29 is 4.21 Å². The Morgan fingerprint density at radius 1 is 1.33 bits per heavy atom. The molecule has 0 bridgehead atoms. The van der Waals surface area contributed by atoms with Crippen LogP contribution >= 0.6 is 11.6 Å². The molecular weight excluding hydrogens is 230 g/mol. The van der Waals surface area contributed by atoms with E-state index in [0.29, 0.717) is 29.4 Å². The monoisotopic (exact) mass is 241 g/mol. The van der Waals surface area contributed by atoms with Gasteiger partial charge in [-0.05, 0) is 24.1 Å². The van der Waals surface area contributed by atoms with Crippen molar-refractivity contribution in [2.45, 2.75) is 18.6 Å². The molecule has 0 saturated heterocycles. The highest BCUT2D eigenvalue weighted by Gasteiger charge is 2.01. The van der Waals surface area contributed by atoms with E-state index in [2.05, 4.69) is 0 Å². The van der Waals surface area contributed by atoms with E-state index in [-0.39, 0.29) is 0 Å². The Labute approximate surface area is 97.3 Å². The molecule has 0 aliphatic heterocycles. The number of nitriles is 1. The topological polar surface area (TPSA) is 40.9 Å². The summed E-state index contributed by atoms with van der Waals surface area (Å²) < 4.78 is 11.5. The number of rotatable bonds is 5. The highest BCUT2D eigenvalue weighted by atomic mass is 35.5. The molecule has 0 aliphatic rings. The van der Waals surface area contributed by atoms with Crippen LogP contribution in [0.25, 0.3) is 0 Å². The summed E-state index contributed by atoms with van der Waals surface area (Å²) in [5.74, 6) is 1.14. The summed E-state index contributed by atoms with van der Waals surface area (Å²) >= 11 is 5.74. The molecule has 0 unspecified atom stereocenters. The van der Waals surface area contributed by atoms with Crippen molar-refractivity contribution in [2.24, 2.45) is 0 Å². The maximum absolute atomic E-state index is 11.5. The van der Waals surface area contributed by atoms with Gasteiger partial charge in [-0.25, -0.2) is 0 Å². The van der Waals surface area contributed by atoms with Gasteiger partial charge in [0.25, 0.3) is 0 Å². The van der Waals surface area contributed by atoms with E-state index in [4.69, 9.17) is 16.9 Å². The lowest BCUT2D eigenvalue weighted by atomic mass is 10.2. The van der Waals surface area contributed by atoms with E-state index in [9.17, 15) is 4.21 Å². The first-order chi connectivity index (χ1) is 7.22. The molecule has 0 fully saturated rings. The summed E-state index contributed by atoms with van der Waals surface area (Å²) in [5.41, 5.74) is 1.02. The summed E-state index contributed by atoms with van der Waals surface area (Å²) in [6, 6.07) is 9.39. The van der Waals surface area contributed by atoms with E-state index in [1.165, 1.54) is 0 Å². The molecule has 1 aromatic rings. The van der Waals surface area contributed by atoms with Crippen molar-refractivity contribution in [3.05, 3.63) is 34.9 Å². The van der Waals surface area contributed by atoms with Crippen molar-refractivity contribution in [3.8, 4) is 6.07 Å². The lowest BCUT2D eigenvalue weighted by Gasteiger charge is -2.01. The molecule has 15 heavy (non-hydrogen) atoms. The maximum Gasteiger partial charge on any atom is 0.0622 e. The summed E-state index contributed by atoms with van der Waals surface area (Å²) in [4.78, 5) is 0. The van der Waals surface area contributed by atoms with Crippen LogP contribution in [0, 0.1) is 11.3 Å². The minimum absolute atomic E-state index is 0.479. The molecule has 0 radical (unpaired) electrons. The molecule has 1 atom stereocenters. The van der Waals surface area contributed by atoms with Gasteiger partial charge in [-0.2, -0.15) is 5.26 Å². The predicted octanol–water partition coefficient (Wildman–Crippen LogP) is 2.89. The third kappa shape index (κ3) is 4.96. The maximum atomic E-state index is 11.5. The summed E-state index contributed by atoms with van der Waals surface area (Å²) in [6.07, 6.45) is 1.18. The molecule has 0 aliphatic carbocycles. The van der Waals surface area contributed by atoms with Gasteiger partial charge in [0.1, 0.15) is 0 Å². The van der Waals surface area contributed by atoms with Crippen LogP contribution in [0.5, 0.6) is 0 Å². The molecule has 1 rings (SSSR count). The molecule has 80 valence electrons. The number of halogens is 1. The summed E-state index contributed by atoms with van der Waals surface area (Å²) in [7, 11) is -0.873. The third-order valence-corrected chi connectivity index (χ3v) is 3.55. The first kappa shape index (κ1) is 12.2. The Hall–Kier alpha value is -0.850. The Kier molecular flexibility index (Phi) is 5.38. The molecule has 1 aromatic carbocycles. The van der Waals surface area contributed by atoms with Gasteiger partial charge in [-0.3, -0.25) is 4.21 Å². The largest absolute Gasteiger partial charge is 0.259 e. The molecule has 0 spiro atoms. The Morgan fingerprint density at radius 3 is 2.60 bits per heavy atom. The van der Waals surface area contributed by atoms with Crippen LogP contribution in [-0.4, -0.2) is 9.96 Å². The first-order valence-corrected chi connectivity index (χ1v) is 6.55. The standard InChI is InChI=1S/C11H12ClNOS/c12-11-5-3-10(4-6-11)9-15(14)8-2-1-7-13/h3-6H,1-2,8-9H2/t15-/m1/s1. The lowest BCUT2D eigenvalue weighted by molar-refractivity contribution is 0.680. The van der Waals surface area contributed by atoms with Crippen LogP contribution in [0.3, 0.4) is 0 Å². The van der Waals surface area contributed by atoms with Crippen LogP contribution < -0.4 is 0 Å². The summed E-state index contributed by atoms with van der Waals surface area (Å²) in [6.45, 7) is 0. The van der Waals surface area contributed by atoms with E-state index in [1.54, 1.807) is 12.1 Å². The summed E-state index contributed by atoms with van der Waals surface area (Å²) in [5, 5.41) is 9.02. The fourth-order valence-corrected chi connectivity index (χ4v) is 2.45. The van der Waals surface area contributed by atoms with Gasteiger partial charge < -0.3 is 0 Å². The third-order valence-electron chi connectivity index (χ3n) is 1.90. The van der Waals surface area contributed by atoms with E-state index in [1.807, 2.05) is 18.2 Å².